The standard InChI is InChI=1S/C11H9N3O4/c15-9(16)5-4-7-2-1-3-8(6-7)14-10(17)12-13-11(14)18/h1-6H,(H,12,17)(H,13,18)(H,15,16)/b5-4+. The third-order valence-electron chi connectivity index (χ3n) is 2.23. The van der Waals surface area contributed by atoms with Crippen LogP contribution in [0.5, 0.6) is 0 Å². The molecule has 0 amide bonds. The number of nitrogens with one attached hydrogen (secondary N) is 2. The molecule has 0 saturated carbocycles. The topological polar surface area (TPSA) is 108 Å². The SMILES string of the molecule is O=C(O)/C=C/c1cccc(-n2c(=O)[nH][nH]c2=O)c1. The smallest absolute Gasteiger partial charge is 0.348 e. The number of rotatable bonds is 3. The predicted molar refractivity (Wildman–Crippen MR) is 63.7 cm³/mol. The van der Waals surface area contributed by atoms with Crippen LogP contribution in [0.25, 0.3) is 11.8 Å². The summed E-state index contributed by atoms with van der Waals surface area (Å²) in [5, 5.41) is 12.8. The van der Waals surface area contributed by atoms with Crippen LogP contribution in [-0.4, -0.2) is 25.8 Å². The monoisotopic (exact) mass is 247 g/mol. The lowest BCUT2D eigenvalue weighted by Gasteiger charge is -2.00. The van der Waals surface area contributed by atoms with Gasteiger partial charge in [-0.25, -0.2) is 29.1 Å². The van der Waals surface area contributed by atoms with Crippen LogP contribution in [0.15, 0.2) is 39.9 Å². The van der Waals surface area contributed by atoms with Crippen LogP contribution in [0.3, 0.4) is 0 Å². The number of benzene rings is 1. The molecular weight excluding hydrogens is 238 g/mol. The zero-order valence-electron chi connectivity index (χ0n) is 9.08. The van der Waals surface area contributed by atoms with Gasteiger partial charge in [0, 0.05) is 6.08 Å². The van der Waals surface area contributed by atoms with Gasteiger partial charge in [-0.1, -0.05) is 12.1 Å². The number of H-pyrrole nitrogens is 2. The van der Waals surface area contributed by atoms with Gasteiger partial charge in [0.15, 0.2) is 0 Å². The third kappa shape index (κ3) is 2.29. The zero-order chi connectivity index (χ0) is 13.1. The van der Waals surface area contributed by atoms with E-state index in [4.69, 9.17) is 5.11 Å². The van der Waals surface area contributed by atoms with E-state index in [1.807, 2.05) is 0 Å². The fourth-order valence-electron chi connectivity index (χ4n) is 1.48. The van der Waals surface area contributed by atoms with Crippen molar-refractivity contribution in [3.63, 3.8) is 0 Å². The van der Waals surface area contributed by atoms with Crippen LogP contribution in [0.2, 0.25) is 0 Å². The molecule has 0 radical (unpaired) electrons. The number of aromatic nitrogens is 3. The van der Waals surface area contributed by atoms with Crippen molar-refractivity contribution in [1.29, 1.82) is 0 Å². The minimum Gasteiger partial charge on any atom is -0.478 e. The Morgan fingerprint density at radius 1 is 1.22 bits per heavy atom. The van der Waals surface area contributed by atoms with E-state index >= 15 is 0 Å². The molecule has 1 aromatic carbocycles. The lowest BCUT2D eigenvalue weighted by atomic mass is 10.2. The second kappa shape index (κ2) is 4.58. The van der Waals surface area contributed by atoms with Gasteiger partial charge in [-0.3, -0.25) is 0 Å². The molecule has 1 heterocycles. The molecule has 0 aliphatic carbocycles. The molecule has 3 N–H and O–H groups in total. The number of carboxylic acids is 1. The van der Waals surface area contributed by atoms with Crippen LogP contribution in [-0.2, 0) is 4.79 Å². The number of nitrogens with zero attached hydrogens (tertiary/aromatic N) is 1. The summed E-state index contributed by atoms with van der Waals surface area (Å²) >= 11 is 0. The molecule has 0 unspecified atom stereocenters. The van der Waals surface area contributed by atoms with Crippen LogP contribution >= 0.6 is 0 Å². The van der Waals surface area contributed by atoms with Crippen molar-refractivity contribution >= 4 is 12.0 Å². The minimum atomic E-state index is -1.07. The highest BCUT2D eigenvalue weighted by molar-refractivity contribution is 5.85. The van der Waals surface area contributed by atoms with Crippen molar-refractivity contribution in [3.8, 4) is 5.69 Å². The Labute approximate surface area is 100.0 Å². The first-order chi connectivity index (χ1) is 8.58. The zero-order valence-corrected chi connectivity index (χ0v) is 9.08. The molecule has 0 spiro atoms. The minimum absolute atomic E-state index is 0.357. The molecular formula is C11H9N3O4. The van der Waals surface area contributed by atoms with Gasteiger partial charge in [0.25, 0.3) is 0 Å². The Balaban J connectivity index is 2.48. The lowest BCUT2D eigenvalue weighted by Crippen LogP contribution is -2.24. The Bertz CT molecular complexity index is 693. The summed E-state index contributed by atoms with van der Waals surface area (Å²) in [4.78, 5) is 33.2. The van der Waals surface area contributed by atoms with Crippen LogP contribution in [0.1, 0.15) is 5.56 Å². The summed E-state index contributed by atoms with van der Waals surface area (Å²) in [7, 11) is 0. The third-order valence-corrected chi connectivity index (χ3v) is 2.23. The van der Waals surface area contributed by atoms with E-state index in [1.54, 1.807) is 18.2 Å². The number of carboxylic acid groups (broad SMARTS) is 1. The summed E-state index contributed by atoms with van der Waals surface area (Å²) in [6, 6.07) is 6.39. The van der Waals surface area contributed by atoms with E-state index in [0.717, 1.165) is 10.6 Å². The van der Waals surface area contributed by atoms with Gasteiger partial charge < -0.3 is 5.11 Å². The van der Waals surface area contributed by atoms with Crippen LogP contribution < -0.4 is 11.4 Å². The number of hydrogen-bond donors (Lipinski definition) is 3. The number of aliphatic carboxylic acids is 1. The first kappa shape index (κ1) is 11.6. The average molecular weight is 247 g/mol. The molecule has 7 heteroatoms. The lowest BCUT2D eigenvalue weighted by molar-refractivity contribution is -0.131. The van der Waals surface area contributed by atoms with Crippen molar-refractivity contribution in [1.82, 2.24) is 14.8 Å². The van der Waals surface area contributed by atoms with E-state index in [2.05, 4.69) is 10.2 Å². The van der Waals surface area contributed by atoms with Gasteiger partial charge >= 0.3 is 17.3 Å². The Kier molecular flexibility index (Phi) is 2.96. The van der Waals surface area contributed by atoms with E-state index < -0.39 is 17.3 Å². The van der Waals surface area contributed by atoms with E-state index in [0.29, 0.717) is 11.3 Å². The van der Waals surface area contributed by atoms with Gasteiger partial charge in [-0.2, -0.15) is 0 Å². The number of hydrogen-bond acceptors (Lipinski definition) is 3. The normalized spacial score (nSPS) is 10.9. The largest absolute Gasteiger partial charge is 0.478 e. The fourth-order valence-corrected chi connectivity index (χ4v) is 1.48. The van der Waals surface area contributed by atoms with Crippen molar-refractivity contribution in [3.05, 3.63) is 56.9 Å². The number of aromatic amines is 2. The number of carbonyl (C=O) groups is 1. The fraction of sp³-hybridized carbons (Fsp3) is 0. The molecule has 0 bridgehead atoms. The highest BCUT2D eigenvalue weighted by Crippen LogP contribution is 2.08. The second-order valence-corrected chi connectivity index (χ2v) is 3.46. The maximum Gasteiger partial charge on any atom is 0.348 e. The van der Waals surface area contributed by atoms with Crippen molar-refractivity contribution in [2.75, 3.05) is 0 Å². The van der Waals surface area contributed by atoms with Crippen molar-refractivity contribution < 1.29 is 9.90 Å². The Morgan fingerprint density at radius 3 is 2.50 bits per heavy atom. The van der Waals surface area contributed by atoms with Gasteiger partial charge in [0.1, 0.15) is 0 Å². The Hall–Kier alpha value is -2.83. The maximum absolute atomic E-state index is 11.4. The molecule has 92 valence electrons. The van der Waals surface area contributed by atoms with Crippen LogP contribution in [0, 0.1) is 0 Å². The predicted octanol–water partition coefficient (Wildman–Crippen LogP) is -0.0483. The molecule has 0 saturated heterocycles. The summed E-state index contributed by atoms with van der Waals surface area (Å²) in [6.45, 7) is 0. The van der Waals surface area contributed by atoms with Crippen molar-refractivity contribution in [2.24, 2.45) is 0 Å². The molecule has 0 fully saturated rings. The van der Waals surface area contributed by atoms with E-state index in [1.165, 1.54) is 12.1 Å². The Morgan fingerprint density at radius 2 is 1.89 bits per heavy atom. The molecule has 2 aromatic rings. The molecule has 0 aliphatic heterocycles. The first-order valence-corrected chi connectivity index (χ1v) is 4.99. The molecule has 1 aromatic heterocycles. The molecule has 7 nitrogen and oxygen atoms in total. The summed E-state index contributed by atoms with van der Waals surface area (Å²) in [5.41, 5.74) is -0.240. The molecule has 0 aliphatic rings. The van der Waals surface area contributed by atoms with E-state index in [-0.39, 0.29) is 0 Å². The van der Waals surface area contributed by atoms with Gasteiger partial charge in [-0.15, -0.1) is 0 Å². The highest BCUT2D eigenvalue weighted by Gasteiger charge is 2.05. The quantitative estimate of drug-likeness (QED) is 0.661. The molecule has 18 heavy (non-hydrogen) atoms. The van der Waals surface area contributed by atoms with Crippen LogP contribution in [0.4, 0.5) is 0 Å². The van der Waals surface area contributed by atoms with E-state index in [9.17, 15) is 14.4 Å². The van der Waals surface area contributed by atoms with Gasteiger partial charge in [0.2, 0.25) is 0 Å². The molecule has 0 atom stereocenters. The molecule has 2 rings (SSSR count). The maximum atomic E-state index is 11.4. The first-order valence-electron chi connectivity index (χ1n) is 4.99. The van der Waals surface area contributed by atoms with Gasteiger partial charge in [-0.05, 0) is 23.8 Å². The second-order valence-electron chi connectivity index (χ2n) is 3.46. The highest BCUT2D eigenvalue weighted by atomic mass is 16.4. The average Bonchev–Trinajstić information content (AvgIpc) is 2.67. The van der Waals surface area contributed by atoms with Crippen molar-refractivity contribution in [2.45, 2.75) is 0 Å². The van der Waals surface area contributed by atoms with Gasteiger partial charge in [0.05, 0.1) is 5.69 Å². The summed E-state index contributed by atoms with van der Waals surface area (Å²) < 4.78 is 0.915. The summed E-state index contributed by atoms with van der Waals surface area (Å²) in [5.74, 6) is -1.07. The summed E-state index contributed by atoms with van der Waals surface area (Å²) in [6.07, 6.45) is 2.35.